The predicted molar refractivity (Wildman–Crippen MR) is 126 cm³/mol. The Kier molecular flexibility index (Phi) is 6.17. The largest absolute Gasteiger partial charge is 0.497 e. The molecule has 0 fully saturated rings. The number of hydrogen-bond acceptors (Lipinski definition) is 4. The Labute approximate surface area is 194 Å². The Morgan fingerprint density at radius 3 is 2.53 bits per heavy atom. The van der Waals surface area contributed by atoms with Gasteiger partial charge in [-0.05, 0) is 48.9 Å². The smallest absolute Gasteiger partial charge is 0.296 e. The fourth-order valence-corrected chi connectivity index (χ4v) is 3.91. The molecule has 0 saturated carbocycles. The highest BCUT2D eigenvalue weighted by Crippen LogP contribution is 2.31. The number of rotatable bonds is 6. The third-order valence-corrected chi connectivity index (χ3v) is 5.79. The second kappa shape index (κ2) is 9.02. The monoisotopic (exact) mass is 467 g/mol. The van der Waals surface area contributed by atoms with Gasteiger partial charge >= 0.3 is 0 Å². The van der Waals surface area contributed by atoms with E-state index in [9.17, 15) is 9.59 Å². The maximum Gasteiger partial charge on any atom is 0.296 e. The van der Waals surface area contributed by atoms with Crippen molar-refractivity contribution in [2.45, 2.75) is 13.5 Å². The maximum absolute atomic E-state index is 13.3. The van der Waals surface area contributed by atoms with E-state index in [-0.39, 0.29) is 5.02 Å². The number of nitrogens with zero attached hydrogens (tertiary/aromatic N) is 2. The summed E-state index contributed by atoms with van der Waals surface area (Å²) in [6.07, 6.45) is 2.88. The van der Waals surface area contributed by atoms with E-state index in [1.807, 2.05) is 47.9 Å². The van der Waals surface area contributed by atoms with Crippen molar-refractivity contribution in [3.05, 3.63) is 87.8 Å². The summed E-state index contributed by atoms with van der Waals surface area (Å²) < 4.78 is 7.35. The molecule has 0 aliphatic rings. The minimum Gasteiger partial charge on any atom is -0.497 e. The van der Waals surface area contributed by atoms with Crippen LogP contribution in [0.15, 0.2) is 60.9 Å². The van der Waals surface area contributed by atoms with Crippen molar-refractivity contribution in [3.8, 4) is 5.75 Å². The quantitative estimate of drug-likeness (QED) is 0.298. The van der Waals surface area contributed by atoms with Gasteiger partial charge in [-0.1, -0.05) is 35.3 Å². The van der Waals surface area contributed by atoms with Gasteiger partial charge in [0, 0.05) is 40.6 Å². The van der Waals surface area contributed by atoms with Gasteiger partial charge in [-0.2, -0.15) is 0 Å². The molecule has 0 spiro atoms. The zero-order chi connectivity index (χ0) is 22.8. The van der Waals surface area contributed by atoms with Gasteiger partial charge < -0.3 is 14.6 Å². The fraction of sp³-hybridized carbons (Fsp3) is 0.125. The first-order valence-corrected chi connectivity index (χ1v) is 10.5. The molecule has 2 heterocycles. The number of nitrogens with one attached hydrogen (secondary N) is 1. The van der Waals surface area contributed by atoms with Gasteiger partial charge in [-0.3, -0.25) is 14.6 Å². The lowest BCUT2D eigenvalue weighted by molar-refractivity contribution is -0.112. The van der Waals surface area contributed by atoms with Crippen LogP contribution in [0.2, 0.25) is 10.0 Å². The number of pyridine rings is 1. The van der Waals surface area contributed by atoms with Gasteiger partial charge in [0.15, 0.2) is 0 Å². The van der Waals surface area contributed by atoms with Crippen LogP contribution < -0.4 is 10.1 Å². The number of methoxy groups -OCH3 is 1. The molecule has 8 heteroatoms. The van der Waals surface area contributed by atoms with Crippen molar-refractivity contribution in [1.29, 1.82) is 0 Å². The fourth-order valence-electron chi connectivity index (χ4n) is 3.62. The summed E-state index contributed by atoms with van der Waals surface area (Å²) in [5.41, 5.74) is 3.13. The molecule has 162 valence electrons. The number of fused-ring (bicyclic) bond motifs is 1. The summed E-state index contributed by atoms with van der Waals surface area (Å²) in [7, 11) is 1.55. The van der Waals surface area contributed by atoms with Crippen molar-refractivity contribution in [1.82, 2.24) is 9.55 Å². The van der Waals surface area contributed by atoms with Gasteiger partial charge in [0.2, 0.25) is 0 Å². The van der Waals surface area contributed by atoms with E-state index < -0.39 is 11.7 Å². The summed E-state index contributed by atoms with van der Waals surface area (Å²) in [4.78, 5) is 30.0. The van der Waals surface area contributed by atoms with Crippen LogP contribution in [0.25, 0.3) is 10.9 Å². The average molecular weight is 468 g/mol. The highest BCUT2D eigenvalue weighted by molar-refractivity contribution is 6.49. The molecule has 2 aromatic heterocycles. The van der Waals surface area contributed by atoms with E-state index in [0.29, 0.717) is 39.6 Å². The number of hydrogen-bond donors (Lipinski definition) is 1. The van der Waals surface area contributed by atoms with Crippen LogP contribution in [-0.2, 0) is 11.3 Å². The van der Waals surface area contributed by atoms with Crippen molar-refractivity contribution in [2.75, 3.05) is 12.4 Å². The van der Waals surface area contributed by atoms with Crippen LogP contribution in [0.1, 0.15) is 21.6 Å². The van der Waals surface area contributed by atoms with Gasteiger partial charge in [0.1, 0.15) is 5.75 Å². The van der Waals surface area contributed by atoms with Crippen LogP contribution in [0, 0.1) is 6.92 Å². The second-order valence-electron chi connectivity index (χ2n) is 7.19. The zero-order valence-electron chi connectivity index (χ0n) is 17.4. The molecule has 0 bridgehead atoms. The first-order chi connectivity index (χ1) is 15.4. The summed E-state index contributed by atoms with van der Waals surface area (Å²) in [6, 6.07) is 14.5. The minimum atomic E-state index is -0.783. The van der Waals surface area contributed by atoms with Gasteiger partial charge in [-0.15, -0.1) is 0 Å². The third kappa shape index (κ3) is 4.20. The first kappa shape index (κ1) is 21.9. The molecule has 32 heavy (non-hydrogen) atoms. The van der Waals surface area contributed by atoms with E-state index in [4.69, 9.17) is 27.9 Å². The molecular weight excluding hydrogens is 449 g/mol. The standard InChI is InChI=1S/C24H19Cl2N3O3/c1-14-22(23(30)24(31)28-20-9-10-27-12-19(20)26)18-11-17(32-2)7-8-21(18)29(14)13-15-3-5-16(25)6-4-15/h3-12H,13H2,1-2H3,(H,27,28,31). The van der Waals surface area contributed by atoms with Crippen LogP contribution in [0.5, 0.6) is 5.75 Å². The highest BCUT2D eigenvalue weighted by atomic mass is 35.5. The van der Waals surface area contributed by atoms with E-state index in [1.54, 1.807) is 13.2 Å². The van der Waals surface area contributed by atoms with E-state index >= 15 is 0 Å². The number of amides is 1. The number of aromatic nitrogens is 2. The number of carbonyl (C=O) groups is 2. The van der Waals surface area contributed by atoms with E-state index in [0.717, 1.165) is 11.1 Å². The Hall–Kier alpha value is -3.35. The van der Waals surface area contributed by atoms with Gasteiger partial charge in [0.05, 0.1) is 23.4 Å². The van der Waals surface area contributed by atoms with Crippen LogP contribution >= 0.6 is 23.2 Å². The number of ether oxygens (including phenoxy) is 1. The number of Topliss-reactive ketones (excluding diaryl/α,β-unsaturated/α-hetero) is 1. The maximum atomic E-state index is 13.3. The van der Waals surface area contributed by atoms with Crippen LogP contribution in [-0.4, -0.2) is 28.4 Å². The van der Waals surface area contributed by atoms with Crippen molar-refractivity contribution in [3.63, 3.8) is 0 Å². The van der Waals surface area contributed by atoms with Gasteiger partial charge in [-0.25, -0.2) is 0 Å². The van der Waals surface area contributed by atoms with Gasteiger partial charge in [0.25, 0.3) is 11.7 Å². The molecule has 0 aliphatic carbocycles. The van der Waals surface area contributed by atoms with E-state index in [1.165, 1.54) is 18.5 Å². The average Bonchev–Trinajstić information content (AvgIpc) is 3.06. The predicted octanol–water partition coefficient (Wildman–Crippen LogP) is 5.53. The lowest BCUT2D eigenvalue weighted by Gasteiger charge is -2.10. The molecule has 0 atom stereocenters. The number of benzene rings is 2. The summed E-state index contributed by atoms with van der Waals surface area (Å²) in [6.45, 7) is 2.33. The van der Waals surface area contributed by atoms with E-state index in [2.05, 4.69) is 10.3 Å². The summed E-state index contributed by atoms with van der Waals surface area (Å²) in [5, 5.41) is 4.11. The van der Waals surface area contributed by atoms with Crippen molar-refractivity contribution in [2.24, 2.45) is 0 Å². The Bertz CT molecular complexity index is 1330. The Morgan fingerprint density at radius 2 is 1.84 bits per heavy atom. The lowest BCUT2D eigenvalue weighted by atomic mass is 10.1. The summed E-state index contributed by atoms with van der Waals surface area (Å²) in [5.74, 6) is -0.856. The summed E-state index contributed by atoms with van der Waals surface area (Å²) >= 11 is 12.1. The van der Waals surface area contributed by atoms with Crippen molar-refractivity contribution >= 4 is 51.5 Å². The van der Waals surface area contributed by atoms with Crippen LogP contribution in [0.4, 0.5) is 5.69 Å². The minimum absolute atomic E-state index is 0.247. The molecule has 4 rings (SSSR count). The molecule has 0 unspecified atom stereocenters. The van der Waals surface area contributed by atoms with Crippen LogP contribution in [0.3, 0.4) is 0 Å². The molecule has 0 radical (unpaired) electrons. The SMILES string of the molecule is COc1ccc2c(c1)c(C(=O)C(=O)Nc1ccncc1Cl)c(C)n2Cc1ccc(Cl)cc1. The molecule has 4 aromatic rings. The Balaban J connectivity index is 1.78. The topological polar surface area (TPSA) is 73.2 Å². The number of ketones is 1. The van der Waals surface area contributed by atoms with Crippen molar-refractivity contribution < 1.29 is 14.3 Å². The molecule has 6 nitrogen and oxygen atoms in total. The molecule has 0 saturated heterocycles. The Morgan fingerprint density at radius 1 is 1.09 bits per heavy atom. The molecule has 0 aliphatic heterocycles. The molecular formula is C24H19Cl2N3O3. The number of halogens is 2. The highest BCUT2D eigenvalue weighted by Gasteiger charge is 2.26. The molecule has 2 aromatic carbocycles. The zero-order valence-corrected chi connectivity index (χ0v) is 18.9. The normalized spacial score (nSPS) is 10.9. The third-order valence-electron chi connectivity index (χ3n) is 5.24. The molecule has 1 amide bonds. The number of anilines is 1. The first-order valence-electron chi connectivity index (χ1n) is 9.75. The lowest BCUT2D eigenvalue weighted by Crippen LogP contribution is -2.23. The second-order valence-corrected chi connectivity index (χ2v) is 8.04. The molecule has 1 N–H and O–H groups in total. The number of carbonyl (C=O) groups excluding carboxylic acids is 2.